The summed E-state index contributed by atoms with van der Waals surface area (Å²) in [4.78, 5) is 30.3. The van der Waals surface area contributed by atoms with E-state index >= 15 is 0 Å². The molecule has 2 aliphatic heterocycles. The van der Waals surface area contributed by atoms with Gasteiger partial charge in [-0.2, -0.15) is 4.72 Å². The Balaban J connectivity index is 1.84. The third-order valence-electron chi connectivity index (χ3n) is 6.40. The number of fused-ring (bicyclic) bond motifs is 1. The number of hydroxylamine groups is 2. The Morgan fingerprint density at radius 1 is 1.36 bits per heavy atom. The van der Waals surface area contributed by atoms with Crippen LogP contribution in [0.2, 0.25) is 0 Å². The molecule has 2 aliphatic rings. The molecule has 2 heterocycles. The van der Waals surface area contributed by atoms with Crippen LogP contribution in [0.1, 0.15) is 45.1 Å². The molecule has 36 heavy (non-hydrogen) atoms. The summed E-state index contributed by atoms with van der Waals surface area (Å²) < 4.78 is 29.4. The fraction of sp³-hybridized carbons (Fsp3) is 0.609. The lowest BCUT2D eigenvalue weighted by molar-refractivity contribution is -0.214. The second kappa shape index (κ2) is 11.9. The van der Waals surface area contributed by atoms with Gasteiger partial charge in [-0.3, -0.25) is 10.2 Å². The largest absolute Gasteiger partial charge is 0.480 e. The first-order valence-corrected chi connectivity index (χ1v) is 13.6. The number of hydrogen-bond acceptors (Lipinski definition) is 8. The molecular weight excluding hydrogens is 488 g/mol. The third kappa shape index (κ3) is 7.08. The number of sulfonamides is 1. The van der Waals surface area contributed by atoms with Crippen molar-refractivity contribution >= 4 is 33.6 Å². The fourth-order valence-electron chi connectivity index (χ4n) is 4.55. The van der Waals surface area contributed by atoms with Crippen LogP contribution in [0.3, 0.4) is 0 Å². The van der Waals surface area contributed by atoms with Crippen LogP contribution in [0.15, 0.2) is 23.1 Å². The van der Waals surface area contributed by atoms with Gasteiger partial charge in [-0.25, -0.2) is 13.2 Å². The first-order chi connectivity index (χ1) is 17.0. The summed E-state index contributed by atoms with van der Waals surface area (Å²) in [5.74, 6) is -2.14. The molecule has 1 saturated heterocycles. The first-order valence-electron chi connectivity index (χ1n) is 12.1. The Morgan fingerprint density at radius 3 is 2.81 bits per heavy atom. The van der Waals surface area contributed by atoms with E-state index in [0.717, 1.165) is 17.0 Å². The number of nitrogens with zero attached hydrogens (tertiary/aromatic N) is 1. The van der Waals surface area contributed by atoms with Gasteiger partial charge < -0.3 is 26.3 Å². The Bertz CT molecular complexity index is 1080. The highest BCUT2D eigenvalue weighted by Crippen LogP contribution is 2.31. The number of hydrogen-bond donors (Lipinski definition) is 6. The summed E-state index contributed by atoms with van der Waals surface area (Å²) >= 11 is 0. The van der Waals surface area contributed by atoms with Gasteiger partial charge in [-0.1, -0.05) is 26.0 Å². The van der Waals surface area contributed by atoms with Gasteiger partial charge in [0.05, 0.1) is 5.69 Å². The van der Waals surface area contributed by atoms with E-state index in [1.54, 1.807) is 13.0 Å². The van der Waals surface area contributed by atoms with E-state index in [1.807, 2.05) is 6.07 Å². The van der Waals surface area contributed by atoms with Crippen LogP contribution >= 0.6 is 0 Å². The van der Waals surface area contributed by atoms with Crippen molar-refractivity contribution in [3.8, 4) is 0 Å². The molecule has 13 heteroatoms. The predicted molar refractivity (Wildman–Crippen MR) is 134 cm³/mol. The molecule has 0 radical (unpaired) electrons. The van der Waals surface area contributed by atoms with Crippen LogP contribution < -0.4 is 21.1 Å². The van der Waals surface area contributed by atoms with Gasteiger partial charge in [0, 0.05) is 19.6 Å². The zero-order chi connectivity index (χ0) is 26.5. The summed E-state index contributed by atoms with van der Waals surface area (Å²) in [6.07, 6.45) is 2.46. The average Bonchev–Trinajstić information content (AvgIpc) is 2.81. The van der Waals surface area contributed by atoms with Crippen LogP contribution in [0, 0.1) is 17.2 Å². The Hall–Kier alpha value is -2.90. The maximum Gasteiger partial charge on any atom is 0.343 e. The quantitative estimate of drug-likeness (QED) is 0.189. The number of carbonyl (C=O) groups excluding carboxylic acids is 1. The van der Waals surface area contributed by atoms with Crippen LogP contribution in [0.5, 0.6) is 0 Å². The number of rotatable bonds is 10. The van der Waals surface area contributed by atoms with Crippen molar-refractivity contribution in [3.05, 3.63) is 23.8 Å². The van der Waals surface area contributed by atoms with Crippen molar-refractivity contribution in [3.63, 3.8) is 0 Å². The maximum atomic E-state index is 13.5. The number of anilines is 1. The molecule has 1 fully saturated rings. The number of nitrogens with two attached hydrogens (primary N) is 1. The number of aliphatic carboxylic acids is 1. The Kier molecular flexibility index (Phi) is 9.14. The van der Waals surface area contributed by atoms with Gasteiger partial charge in [0.15, 0.2) is 5.96 Å². The van der Waals surface area contributed by atoms with E-state index in [4.69, 9.17) is 16.0 Å². The topological polar surface area (TPSA) is 187 Å². The molecule has 0 amide bonds. The molecule has 200 valence electrons. The molecule has 0 aliphatic carbocycles. The number of guanidine groups is 1. The standard InChI is InChI=1S/C23H36N6O6S/c1-14-10-16-6-5-8-19(20(16)26-12-14)36(33,34)28-17(11-15(2)13-27-23(24)25)22(32)35-29-9-4-3-7-18(29)21(30)31/h5-6,8,14-15,17-18,26,28H,3-4,7,9-13H2,1-2H3,(H,30,31)(H4,24,25,27)/t14?,15-,17-,18?/m1/s1. The summed E-state index contributed by atoms with van der Waals surface area (Å²) in [5, 5.41) is 23.8. The predicted octanol–water partition coefficient (Wildman–Crippen LogP) is 0.844. The second-order valence-electron chi connectivity index (χ2n) is 9.69. The molecule has 3 rings (SSSR count). The van der Waals surface area contributed by atoms with Crippen LogP contribution in [-0.2, 0) is 30.9 Å². The van der Waals surface area contributed by atoms with Crippen molar-refractivity contribution in [2.24, 2.45) is 17.6 Å². The van der Waals surface area contributed by atoms with Gasteiger partial charge in [0.2, 0.25) is 10.0 Å². The van der Waals surface area contributed by atoms with E-state index in [1.165, 1.54) is 6.07 Å². The molecule has 7 N–H and O–H groups in total. The lowest BCUT2D eigenvalue weighted by atomic mass is 9.96. The third-order valence-corrected chi connectivity index (χ3v) is 7.92. The van der Waals surface area contributed by atoms with Crippen molar-refractivity contribution in [1.29, 1.82) is 5.41 Å². The molecule has 2 unspecified atom stereocenters. The molecule has 12 nitrogen and oxygen atoms in total. The van der Waals surface area contributed by atoms with Crippen LogP contribution in [0.4, 0.5) is 5.69 Å². The van der Waals surface area contributed by atoms with Gasteiger partial charge >= 0.3 is 11.9 Å². The van der Waals surface area contributed by atoms with Crippen molar-refractivity contribution in [1.82, 2.24) is 15.1 Å². The number of piperidine rings is 1. The highest BCUT2D eigenvalue weighted by molar-refractivity contribution is 7.89. The molecule has 1 aromatic carbocycles. The zero-order valence-corrected chi connectivity index (χ0v) is 21.4. The summed E-state index contributed by atoms with van der Waals surface area (Å²) in [6.45, 7) is 4.96. The normalized spacial score (nSPS) is 21.9. The van der Waals surface area contributed by atoms with Gasteiger partial charge in [-0.15, -0.1) is 5.06 Å². The lowest BCUT2D eigenvalue weighted by Gasteiger charge is -2.32. The SMILES string of the molecule is CC1CNc2c(cccc2S(=O)(=O)N[C@H](C[C@@H](C)CNC(=N)N)C(=O)ON2CCCCC2C(=O)O)C1. The molecule has 0 aromatic heterocycles. The minimum atomic E-state index is -4.15. The van der Waals surface area contributed by atoms with E-state index < -0.39 is 34.0 Å². The van der Waals surface area contributed by atoms with Crippen molar-refractivity contribution in [2.75, 3.05) is 25.0 Å². The number of benzene rings is 1. The second-order valence-corrected chi connectivity index (χ2v) is 11.4. The molecule has 0 saturated carbocycles. The van der Waals surface area contributed by atoms with E-state index in [2.05, 4.69) is 22.3 Å². The number of para-hydroxylation sites is 1. The average molecular weight is 525 g/mol. The van der Waals surface area contributed by atoms with Gasteiger partial charge in [0.25, 0.3) is 0 Å². The number of carboxylic acids is 1. The van der Waals surface area contributed by atoms with E-state index in [-0.39, 0.29) is 36.3 Å². The molecule has 0 spiro atoms. The first kappa shape index (κ1) is 27.7. The van der Waals surface area contributed by atoms with Crippen LogP contribution in [-0.4, -0.2) is 68.2 Å². The maximum absolute atomic E-state index is 13.5. The van der Waals surface area contributed by atoms with Crippen LogP contribution in [0.25, 0.3) is 0 Å². The molecular formula is C23H36N6O6S. The smallest absolute Gasteiger partial charge is 0.343 e. The fourth-order valence-corrected chi connectivity index (χ4v) is 5.97. The summed E-state index contributed by atoms with van der Waals surface area (Å²) in [5.41, 5.74) is 6.75. The molecule has 0 bridgehead atoms. The minimum Gasteiger partial charge on any atom is -0.480 e. The summed E-state index contributed by atoms with van der Waals surface area (Å²) in [6, 6.07) is 2.77. The van der Waals surface area contributed by atoms with Crippen molar-refractivity contribution < 1.29 is 28.0 Å². The highest BCUT2D eigenvalue weighted by atomic mass is 32.2. The number of carboxylic acid groups (broad SMARTS) is 1. The highest BCUT2D eigenvalue weighted by Gasteiger charge is 2.36. The number of nitrogens with one attached hydrogen (secondary N) is 4. The van der Waals surface area contributed by atoms with Gasteiger partial charge in [0.1, 0.15) is 17.0 Å². The lowest BCUT2D eigenvalue weighted by Crippen LogP contribution is -2.50. The molecule has 1 aromatic rings. The van der Waals surface area contributed by atoms with Gasteiger partial charge in [-0.05, 0) is 55.6 Å². The monoisotopic (exact) mass is 524 g/mol. The zero-order valence-electron chi connectivity index (χ0n) is 20.6. The Morgan fingerprint density at radius 2 is 2.11 bits per heavy atom. The minimum absolute atomic E-state index is 0.0422. The van der Waals surface area contributed by atoms with E-state index in [0.29, 0.717) is 37.4 Å². The Labute approximate surface area is 211 Å². The summed E-state index contributed by atoms with van der Waals surface area (Å²) in [7, 11) is -4.15. The van der Waals surface area contributed by atoms with E-state index in [9.17, 15) is 23.1 Å². The van der Waals surface area contributed by atoms with Crippen molar-refractivity contribution in [2.45, 2.75) is 62.9 Å². The molecule has 4 atom stereocenters. The number of carbonyl (C=O) groups is 2.